The van der Waals surface area contributed by atoms with Gasteiger partial charge in [0.2, 0.25) is 5.91 Å². The summed E-state index contributed by atoms with van der Waals surface area (Å²) in [5.74, 6) is 0.475. The lowest BCUT2D eigenvalue weighted by molar-refractivity contribution is -0.121. The van der Waals surface area contributed by atoms with Gasteiger partial charge in [0.25, 0.3) is 5.91 Å². The Bertz CT molecular complexity index is 968. The van der Waals surface area contributed by atoms with Gasteiger partial charge in [-0.3, -0.25) is 9.59 Å². The summed E-state index contributed by atoms with van der Waals surface area (Å²) in [7, 11) is 1.62. The zero-order valence-electron chi connectivity index (χ0n) is 14.8. The van der Waals surface area contributed by atoms with Crippen molar-refractivity contribution in [2.75, 3.05) is 25.5 Å². The van der Waals surface area contributed by atoms with E-state index in [-0.39, 0.29) is 17.7 Å². The molecule has 0 saturated carbocycles. The van der Waals surface area contributed by atoms with E-state index >= 15 is 0 Å². The first-order valence-electron chi connectivity index (χ1n) is 8.72. The summed E-state index contributed by atoms with van der Waals surface area (Å²) in [6.07, 6.45) is 1.60. The summed E-state index contributed by atoms with van der Waals surface area (Å²) in [6, 6.07) is 9.33. The Morgan fingerprint density at radius 2 is 2.22 bits per heavy atom. The van der Waals surface area contributed by atoms with E-state index < -0.39 is 0 Å². The molecule has 0 aliphatic carbocycles. The van der Waals surface area contributed by atoms with Gasteiger partial charge < -0.3 is 15.0 Å². The minimum atomic E-state index is -0.218. The number of nitrogens with one attached hydrogen (secondary N) is 1. The fraction of sp³-hybridized carbons (Fsp3) is 0.316. The summed E-state index contributed by atoms with van der Waals surface area (Å²) in [5, 5.41) is 5.39. The topological polar surface area (TPSA) is 71.5 Å². The fourth-order valence-electron chi connectivity index (χ4n) is 3.22. The second-order valence-electron chi connectivity index (χ2n) is 6.41. The van der Waals surface area contributed by atoms with Crippen molar-refractivity contribution < 1.29 is 14.3 Å². The quantitative estimate of drug-likeness (QED) is 0.721. The van der Waals surface area contributed by atoms with Gasteiger partial charge in [-0.2, -0.15) is 0 Å². The number of carbonyl (C=O) groups is 2. The van der Waals surface area contributed by atoms with Crippen molar-refractivity contribution in [3.8, 4) is 5.75 Å². The van der Waals surface area contributed by atoms with Gasteiger partial charge in [-0.25, -0.2) is 4.98 Å². The van der Waals surface area contributed by atoms with E-state index in [0.29, 0.717) is 18.2 Å². The number of ether oxygens (including phenoxy) is 1. The lowest BCUT2D eigenvalue weighted by atomic mass is 9.97. The number of amides is 2. The lowest BCUT2D eigenvalue weighted by Crippen LogP contribution is -2.43. The number of likely N-dealkylation sites (tertiary alicyclic amines) is 1. The van der Waals surface area contributed by atoms with Crippen molar-refractivity contribution in [2.45, 2.75) is 12.8 Å². The van der Waals surface area contributed by atoms with E-state index in [0.717, 1.165) is 33.7 Å². The predicted molar refractivity (Wildman–Crippen MR) is 108 cm³/mol. The zero-order chi connectivity index (χ0) is 18.8. The molecule has 1 atom stereocenters. The van der Waals surface area contributed by atoms with Crippen LogP contribution in [0, 0.1) is 5.92 Å². The summed E-state index contributed by atoms with van der Waals surface area (Å²) < 4.78 is 6.19. The van der Waals surface area contributed by atoms with Crippen molar-refractivity contribution in [3.05, 3.63) is 40.6 Å². The van der Waals surface area contributed by atoms with Crippen molar-refractivity contribution >= 4 is 49.8 Å². The van der Waals surface area contributed by atoms with Crippen LogP contribution in [0.4, 0.5) is 5.13 Å². The Morgan fingerprint density at radius 3 is 3.00 bits per heavy atom. The molecule has 2 aromatic heterocycles. The molecular weight excluding hydrogens is 382 g/mol. The molecule has 1 aliphatic rings. The van der Waals surface area contributed by atoms with Crippen LogP contribution >= 0.6 is 22.7 Å². The normalized spacial score (nSPS) is 17.1. The fourth-order valence-corrected chi connectivity index (χ4v) is 4.81. The maximum absolute atomic E-state index is 12.7. The third-order valence-corrected chi connectivity index (χ3v) is 6.43. The van der Waals surface area contributed by atoms with Gasteiger partial charge in [-0.05, 0) is 42.5 Å². The average Bonchev–Trinajstić information content (AvgIpc) is 3.36. The Morgan fingerprint density at radius 1 is 1.33 bits per heavy atom. The van der Waals surface area contributed by atoms with Crippen LogP contribution in [-0.2, 0) is 4.79 Å². The molecule has 6 nitrogen and oxygen atoms in total. The van der Waals surface area contributed by atoms with Gasteiger partial charge in [0.15, 0.2) is 5.13 Å². The van der Waals surface area contributed by atoms with Gasteiger partial charge in [-0.15, -0.1) is 11.3 Å². The van der Waals surface area contributed by atoms with Gasteiger partial charge in [0.05, 0.1) is 28.1 Å². The van der Waals surface area contributed by atoms with Crippen molar-refractivity contribution in [1.82, 2.24) is 9.88 Å². The number of carbonyl (C=O) groups excluding carboxylic acids is 2. The highest BCUT2D eigenvalue weighted by Gasteiger charge is 2.29. The highest BCUT2D eigenvalue weighted by atomic mass is 32.1. The maximum atomic E-state index is 12.7. The number of anilines is 1. The van der Waals surface area contributed by atoms with Gasteiger partial charge >= 0.3 is 0 Å². The van der Waals surface area contributed by atoms with E-state index in [1.807, 2.05) is 35.7 Å². The number of piperidine rings is 1. The number of thiophene rings is 1. The Hall–Kier alpha value is -2.45. The SMILES string of the molecule is COc1ccc2nc(NC(=O)C3CCCN(C(=O)c4cccs4)C3)sc2c1. The molecule has 1 aliphatic heterocycles. The molecule has 140 valence electrons. The van der Waals surface area contributed by atoms with Crippen LogP contribution in [-0.4, -0.2) is 41.9 Å². The molecule has 0 spiro atoms. The molecule has 0 bridgehead atoms. The second-order valence-corrected chi connectivity index (χ2v) is 8.39. The third kappa shape index (κ3) is 3.81. The molecule has 1 N–H and O–H groups in total. The molecule has 27 heavy (non-hydrogen) atoms. The molecule has 2 amide bonds. The number of nitrogens with zero attached hydrogens (tertiary/aromatic N) is 2. The number of benzene rings is 1. The smallest absolute Gasteiger partial charge is 0.263 e. The van der Waals surface area contributed by atoms with E-state index in [1.165, 1.54) is 22.7 Å². The van der Waals surface area contributed by atoms with E-state index in [9.17, 15) is 9.59 Å². The number of hydrogen-bond donors (Lipinski definition) is 1. The molecule has 1 aromatic carbocycles. The maximum Gasteiger partial charge on any atom is 0.263 e. The number of methoxy groups -OCH3 is 1. The standard InChI is InChI=1S/C19H19N3O3S2/c1-25-13-6-7-14-16(10-13)27-19(20-14)21-17(23)12-4-2-8-22(11-12)18(24)15-5-3-9-26-15/h3,5-7,9-10,12H,2,4,8,11H2,1H3,(H,20,21,23). The predicted octanol–water partition coefficient (Wildman–Crippen LogP) is 3.86. The van der Waals surface area contributed by atoms with Crippen LogP contribution in [0.3, 0.4) is 0 Å². The molecule has 1 fully saturated rings. The van der Waals surface area contributed by atoms with Crippen molar-refractivity contribution in [1.29, 1.82) is 0 Å². The van der Waals surface area contributed by atoms with E-state index in [1.54, 1.807) is 12.0 Å². The third-order valence-electron chi connectivity index (χ3n) is 4.64. The van der Waals surface area contributed by atoms with Crippen LogP contribution in [0.15, 0.2) is 35.7 Å². The largest absolute Gasteiger partial charge is 0.497 e. The minimum absolute atomic E-state index is 0.00887. The Balaban J connectivity index is 1.44. The number of rotatable bonds is 4. The number of thiazole rings is 1. The van der Waals surface area contributed by atoms with Crippen molar-refractivity contribution in [3.63, 3.8) is 0 Å². The first-order chi connectivity index (χ1) is 13.1. The zero-order valence-corrected chi connectivity index (χ0v) is 16.4. The minimum Gasteiger partial charge on any atom is -0.497 e. The first kappa shape index (κ1) is 17.9. The second kappa shape index (κ2) is 7.66. The van der Waals surface area contributed by atoms with Crippen LogP contribution in [0.25, 0.3) is 10.2 Å². The summed E-state index contributed by atoms with van der Waals surface area (Å²) >= 11 is 2.85. The summed E-state index contributed by atoms with van der Waals surface area (Å²) in [4.78, 5) is 32.2. The molecule has 0 radical (unpaired) electrons. The number of aromatic nitrogens is 1. The molecule has 3 heterocycles. The monoisotopic (exact) mass is 401 g/mol. The van der Waals surface area contributed by atoms with Gasteiger partial charge in [0.1, 0.15) is 5.75 Å². The molecule has 1 saturated heterocycles. The Labute approximate surface area is 164 Å². The Kier molecular flexibility index (Phi) is 5.09. The lowest BCUT2D eigenvalue weighted by Gasteiger charge is -2.31. The average molecular weight is 402 g/mol. The summed E-state index contributed by atoms with van der Waals surface area (Å²) in [6.45, 7) is 1.14. The van der Waals surface area contributed by atoms with Gasteiger partial charge in [0, 0.05) is 13.1 Å². The van der Waals surface area contributed by atoms with E-state index in [2.05, 4.69) is 10.3 Å². The van der Waals surface area contributed by atoms with E-state index in [4.69, 9.17) is 4.74 Å². The van der Waals surface area contributed by atoms with Crippen LogP contribution in [0.1, 0.15) is 22.5 Å². The van der Waals surface area contributed by atoms with Gasteiger partial charge in [-0.1, -0.05) is 17.4 Å². The highest BCUT2D eigenvalue weighted by molar-refractivity contribution is 7.22. The molecule has 4 rings (SSSR count). The van der Waals surface area contributed by atoms with Crippen LogP contribution < -0.4 is 10.1 Å². The highest BCUT2D eigenvalue weighted by Crippen LogP contribution is 2.30. The number of fused-ring (bicyclic) bond motifs is 1. The molecular formula is C19H19N3O3S2. The first-order valence-corrected chi connectivity index (χ1v) is 10.4. The summed E-state index contributed by atoms with van der Waals surface area (Å²) in [5.41, 5.74) is 0.828. The number of hydrogen-bond acceptors (Lipinski definition) is 6. The molecule has 8 heteroatoms. The van der Waals surface area contributed by atoms with Crippen molar-refractivity contribution in [2.24, 2.45) is 5.92 Å². The van der Waals surface area contributed by atoms with Crippen LogP contribution in [0.2, 0.25) is 0 Å². The van der Waals surface area contributed by atoms with Crippen LogP contribution in [0.5, 0.6) is 5.75 Å². The molecule has 1 unspecified atom stereocenters. The molecule has 3 aromatic rings.